The molecule has 0 aliphatic carbocycles. The lowest BCUT2D eigenvalue weighted by Crippen LogP contribution is -2.18. The van der Waals surface area contributed by atoms with E-state index in [1.807, 2.05) is 44.2 Å². The second kappa shape index (κ2) is 10.1. The third-order valence-electron chi connectivity index (χ3n) is 4.41. The lowest BCUT2D eigenvalue weighted by atomic mass is 10.2. The van der Waals surface area contributed by atoms with Crippen molar-refractivity contribution in [2.24, 2.45) is 0 Å². The molecule has 0 fully saturated rings. The van der Waals surface area contributed by atoms with Gasteiger partial charge in [0, 0.05) is 19.2 Å². The van der Waals surface area contributed by atoms with Crippen molar-refractivity contribution in [3.8, 4) is 0 Å². The number of thioether (sulfide) groups is 1. The van der Waals surface area contributed by atoms with Crippen LogP contribution in [0.3, 0.4) is 0 Å². The van der Waals surface area contributed by atoms with Crippen LogP contribution in [0.15, 0.2) is 47.8 Å². The highest BCUT2D eigenvalue weighted by Crippen LogP contribution is 2.21. The molecule has 12 heteroatoms. The monoisotopic (exact) mass is 452 g/mol. The summed E-state index contributed by atoms with van der Waals surface area (Å²) >= 11 is 1.26. The average Bonchev–Trinajstić information content (AvgIpc) is 3.40. The van der Waals surface area contributed by atoms with Gasteiger partial charge in [-0.25, -0.2) is 9.08 Å². The van der Waals surface area contributed by atoms with E-state index in [0.29, 0.717) is 48.3 Å². The highest BCUT2D eigenvalue weighted by molar-refractivity contribution is 7.99. The molecule has 3 aromatic heterocycles. The predicted molar refractivity (Wildman–Crippen MR) is 124 cm³/mol. The summed E-state index contributed by atoms with van der Waals surface area (Å²) in [4.78, 5) is 21.5. The maximum Gasteiger partial charge on any atom is 0.261 e. The van der Waals surface area contributed by atoms with Crippen molar-refractivity contribution in [2.45, 2.75) is 25.5 Å². The molecule has 0 atom stereocenters. The summed E-state index contributed by atoms with van der Waals surface area (Å²) in [5.74, 6) is 2.08. The molecule has 0 radical (unpaired) electrons. The van der Waals surface area contributed by atoms with Crippen LogP contribution in [0.25, 0.3) is 5.78 Å². The smallest absolute Gasteiger partial charge is 0.261 e. The number of carbonyl (C=O) groups excluding carboxylic acids is 1. The molecule has 4 aromatic rings. The fourth-order valence-corrected chi connectivity index (χ4v) is 3.76. The van der Waals surface area contributed by atoms with Gasteiger partial charge in [-0.15, -0.1) is 10.2 Å². The van der Waals surface area contributed by atoms with Crippen LogP contribution < -0.4 is 16.0 Å². The minimum absolute atomic E-state index is 0.151. The topological polar surface area (TPSA) is 127 Å². The Morgan fingerprint density at radius 2 is 1.84 bits per heavy atom. The van der Waals surface area contributed by atoms with Crippen LogP contribution in [0.1, 0.15) is 19.4 Å². The fourth-order valence-electron chi connectivity index (χ4n) is 3.03. The van der Waals surface area contributed by atoms with Crippen LogP contribution in [0.2, 0.25) is 0 Å². The maximum atomic E-state index is 12.6. The Labute approximate surface area is 189 Å². The van der Waals surface area contributed by atoms with E-state index in [2.05, 4.69) is 41.2 Å². The second-order valence-corrected chi connectivity index (χ2v) is 7.69. The fraction of sp³-hybridized carbons (Fsp3) is 0.300. The van der Waals surface area contributed by atoms with Crippen molar-refractivity contribution >= 4 is 41.2 Å². The Balaban J connectivity index is 1.44. The van der Waals surface area contributed by atoms with Gasteiger partial charge in [-0.1, -0.05) is 42.1 Å². The van der Waals surface area contributed by atoms with Crippen molar-refractivity contribution in [2.75, 3.05) is 34.8 Å². The Hall–Kier alpha value is -3.67. The number of hydrogen-bond donors (Lipinski definition) is 3. The van der Waals surface area contributed by atoms with Gasteiger partial charge in [-0.2, -0.15) is 15.1 Å². The highest BCUT2D eigenvalue weighted by Gasteiger charge is 2.16. The molecule has 1 aromatic carbocycles. The van der Waals surface area contributed by atoms with Crippen LogP contribution in [0, 0.1) is 0 Å². The first-order valence-corrected chi connectivity index (χ1v) is 11.3. The standard InChI is InChI=1S/C20H24N10OS/c1-3-21-17-25-18(22-4-2)30-19(26-17)27-28-20(30)32-13-16(31)24-15-10-11-23-29(15)12-14-8-6-5-7-9-14/h5-11H,3-4,12-13H2,1-2H3,(H,24,31)(H2,21,22,25,26,27). The second-order valence-electron chi connectivity index (χ2n) is 6.75. The third kappa shape index (κ3) is 4.97. The predicted octanol–water partition coefficient (Wildman–Crippen LogP) is 2.36. The first-order chi connectivity index (χ1) is 15.7. The molecule has 0 saturated heterocycles. The van der Waals surface area contributed by atoms with Crippen molar-refractivity contribution in [3.63, 3.8) is 0 Å². The molecule has 4 rings (SSSR count). The number of rotatable bonds is 10. The Kier molecular flexibility index (Phi) is 6.80. The van der Waals surface area contributed by atoms with E-state index >= 15 is 0 Å². The number of aromatic nitrogens is 7. The summed E-state index contributed by atoms with van der Waals surface area (Å²) in [6, 6.07) is 11.7. The van der Waals surface area contributed by atoms with E-state index < -0.39 is 0 Å². The van der Waals surface area contributed by atoms with Crippen molar-refractivity contribution in [3.05, 3.63) is 48.2 Å². The number of amides is 1. The summed E-state index contributed by atoms with van der Waals surface area (Å²) in [6.45, 7) is 5.88. The minimum Gasteiger partial charge on any atom is -0.355 e. The molecule has 0 saturated carbocycles. The van der Waals surface area contributed by atoms with Crippen molar-refractivity contribution in [1.82, 2.24) is 34.3 Å². The van der Waals surface area contributed by atoms with Gasteiger partial charge < -0.3 is 16.0 Å². The summed E-state index contributed by atoms with van der Waals surface area (Å²) in [5, 5.41) is 22.4. The zero-order chi connectivity index (χ0) is 22.3. The van der Waals surface area contributed by atoms with Crippen molar-refractivity contribution < 1.29 is 4.79 Å². The molecule has 3 heterocycles. The van der Waals surface area contributed by atoms with Gasteiger partial charge in [-0.05, 0) is 19.4 Å². The molecule has 0 spiro atoms. The largest absolute Gasteiger partial charge is 0.355 e. The van der Waals surface area contributed by atoms with Crippen molar-refractivity contribution in [1.29, 1.82) is 0 Å². The Morgan fingerprint density at radius 3 is 2.62 bits per heavy atom. The van der Waals surface area contributed by atoms with E-state index in [9.17, 15) is 4.79 Å². The summed E-state index contributed by atoms with van der Waals surface area (Å²) in [5.41, 5.74) is 1.10. The number of anilines is 3. The zero-order valence-electron chi connectivity index (χ0n) is 17.8. The van der Waals surface area contributed by atoms with Gasteiger partial charge in [0.2, 0.25) is 17.8 Å². The first kappa shape index (κ1) is 21.6. The lowest BCUT2D eigenvalue weighted by molar-refractivity contribution is -0.113. The number of nitrogens with one attached hydrogen (secondary N) is 3. The van der Waals surface area contributed by atoms with E-state index in [1.165, 1.54) is 11.8 Å². The number of hydrogen-bond acceptors (Lipinski definition) is 9. The molecular weight excluding hydrogens is 428 g/mol. The van der Waals surface area contributed by atoms with Crippen LogP contribution >= 0.6 is 11.8 Å². The third-order valence-corrected chi connectivity index (χ3v) is 5.34. The quantitative estimate of drug-likeness (QED) is 0.311. The van der Waals surface area contributed by atoms with Gasteiger partial charge in [0.1, 0.15) is 5.82 Å². The number of carbonyl (C=O) groups is 1. The SMILES string of the molecule is CCNc1nc(NCC)n2c(SCC(=O)Nc3ccnn3Cc3ccccc3)nnc2n1. The molecule has 0 aliphatic heterocycles. The number of benzene rings is 1. The van der Waals surface area contributed by atoms with Crippen LogP contribution in [0.4, 0.5) is 17.7 Å². The molecule has 0 unspecified atom stereocenters. The van der Waals surface area contributed by atoms with E-state index in [1.54, 1.807) is 21.3 Å². The molecule has 32 heavy (non-hydrogen) atoms. The van der Waals surface area contributed by atoms with E-state index in [0.717, 1.165) is 5.56 Å². The number of fused-ring (bicyclic) bond motifs is 1. The average molecular weight is 453 g/mol. The molecule has 1 amide bonds. The highest BCUT2D eigenvalue weighted by atomic mass is 32.2. The van der Waals surface area contributed by atoms with Gasteiger partial charge in [0.15, 0.2) is 5.16 Å². The Morgan fingerprint density at radius 1 is 1.03 bits per heavy atom. The summed E-state index contributed by atoms with van der Waals surface area (Å²) < 4.78 is 3.46. The number of nitrogens with zero attached hydrogens (tertiary/aromatic N) is 7. The molecule has 166 valence electrons. The van der Waals surface area contributed by atoms with Gasteiger partial charge in [-0.3, -0.25) is 4.79 Å². The van der Waals surface area contributed by atoms with Gasteiger partial charge >= 0.3 is 0 Å². The zero-order valence-corrected chi connectivity index (χ0v) is 18.6. The van der Waals surface area contributed by atoms with Gasteiger partial charge in [0.05, 0.1) is 18.5 Å². The van der Waals surface area contributed by atoms with Gasteiger partial charge in [0.25, 0.3) is 5.78 Å². The van der Waals surface area contributed by atoms with E-state index in [4.69, 9.17) is 0 Å². The van der Waals surface area contributed by atoms with E-state index in [-0.39, 0.29) is 11.7 Å². The molecule has 3 N–H and O–H groups in total. The molecule has 0 aliphatic rings. The van der Waals surface area contributed by atoms with Crippen LogP contribution in [-0.2, 0) is 11.3 Å². The molecule has 0 bridgehead atoms. The normalized spacial score (nSPS) is 10.9. The molecule has 11 nitrogen and oxygen atoms in total. The maximum absolute atomic E-state index is 12.6. The first-order valence-electron chi connectivity index (χ1n) is 10.3. The summed E-state index contributed by atoms with van der Waals surface area (Å²) in [6.07, 6.45) is 1.67. The minimum atomic E-state index is -0.170. The summed E-state index contributed by atoms with van der Waals surface area (Å²) in [7, 11) is 0. The van der Waals surface area contributed by atoms with Crippen LogP contribution in [-0.4, -0.2) is 59.1 Å². The van der Waals surface area contributed by atoms with Crippen LogP contribution in [0.5, 0.6) is 0 Å². The lowest BCUT2D eigenvalue weighted by Gasteiger charge is -2.10. The Bertz CT molecular complexity index is 1190. The molecular formula is C20H24N10OS.